The van der Waals surface area contributed by atoms with Crippen LogP contribution in [0.3, 0.4) is 0 Å². The Morgan fingerprint density at radius 1 is 1.11 bits per heavy atom. The van der Waals surface area contributed by atoms with Gasteiger partial charge in [-0.2, -0.15) is 0 Å². The number of halogens is 1. The third-order valence-electron chi connectivity index (χ3n) is 2.84. The van der Waals surface area contributed by atoms with Gasteiger partial charge in [-0.25, -0.2) is 0 Å². The molecular formula is C16H18ClNS. The van der Waals surface area contributed by atoms with E-state index in [2.05, 4.69) is 54.7 Å². The van der Waals surface area contributed by atoms with Crippen molar-refractivity contribution in [2.24, 2.45) is 0 Å². The molecule has 0 aliphatic rings. The minimum Gasteiger partial charge on any atom is -0.313 e. The molecule has 0 saturated heterocycles. The van der Waals surface area contributed by atoms with E-state index in [1.807, 2.05) is 17.8 Å². The predicted molar refractivity (Wildman–Crippen MR) is 84.8 cm³/mol. The lowest BCUT2D eigenvalue weighted by atomic mass is 10.2. The molecule has 0 aliphatic heterocycles. The number of rotatable bonds is 6. The fraction of sp³-hybridized carbons (Fsp3) is 0.250. The van der Waals surface area contributed by atoms with Gasteiger partial charge in [0.05, 0.1) is 0 Å². The monoisotopic (exact) mass is 291 g/mol. The highest BCUT2D eigenvalue weighted by atomic mass is 35.5. The van der Waals surface area contributed by atoms with Crippen LogP contribution in [0.5, 0.6) is 0 Å². The number of benzene rings is 2. The van der Waals surface area contributed by atoms with Crippen LogP contribution in [0.25, 0.3) is 0 Å². The normalized spacial score (nSPS) is 10.6. The Kier molecular flexibility index (Phi) is 5.77. The van der Waals surface area contributed by atoms with Crippen molar-refractivity contribution in [2.75, 3.05) is 6.54 Å². The molecule has 1 N–H and O–H groups in total. The molecule has 19 heavy (non-hydrogen) atoms. The van der Waals surface area contributed by atoms with Crippen molar-refractivity contribution in [2.45, 2.75) is 24.1 Å². The zero-order valence-electron chi connectivity index (χ0n) is 11.0. The minimum atomic E-state index is 0.832. The molecule has 2 aromatic carbocycles. The third kappa shape index (κ3) is 4.57. The second-order valence-corrected chi connectivity index (χ2v) is 5.76. The first-order valence-electron chi connectivity index (χ1n) is 6.45. The lowest BCUT2D eigenvalue weighted by Crippen LogP contribution is -2.11. The maximum atomic E-state index is 6.29. The van der Waals surface area contributed by atoms with Crippen molar-refractivity contribution in [3.8, 4) is 0 Å². The number of hydrogen-bond donors (Lipinski definition) is 1. The molecule has 0 aliphatic carbocycles. The van der Waals surface area contributed by atoms with Crippen molar-refractivity contribution < 1.29 is 0 Å². The lowest BCUT2D eigenvalue weighted by Gasteiger charge is -2.07. The fourth-order valence-electron chi connectivity index (χ4n) is 1.76. The molecule has 0 saturated carbocycles. The van der Waals surface area contributed by atoms with Gasteiger partial charge in [-0.3, -0.25) is 0 Å². The number of thioether (sulfide) groups is 1. The van der Waals surface area contributed by atoms with Gasteiger partial charge in [0.15, 0.2) is 0 Å². The van der Waals surface area contributed by atoms with E-state index in [1.165, 1.54) is 10.5 Å². The average molecular weight is 292 g/mol. The highest BCUT2D eigenvalue weighted by Gasteiger charge is 2.02. The van der Waals surface area contributed by atoms with Gasteiger partial charge < -0.3 is 5.32 Å². The van der Waals surface area contributed by atoms with Gasteiger partial charge in [0, 0.05) is 22.2 Å². The molecule has 0 fully saturated rings. The maximum Gasteiger partial charge on any atom is 0.0462 e. The Morgan fingerprint density at radius 2 is 1.89 bits per heavy atom. The number of nitrogens with one attached hydrogen (secondary N) is 1. The summed E-state index contributed by atoms with van der Waals surface area (Å²) in [6, 6.07) is 16.8. The minimum absolute atomic E-state index is 0.832. The van der Waals surface area contributed by atoms with Crippen LogP contribution in [0, 0.1) is 0 Å². The molecule has 0 amide bonds. The molecule has 0 atom stereocenters. The summed E-state index contributed by atoms with van der Waals surface area (Å²) in [5.74, 6) is 0.976. The molecule has 0 bridgehead atoms. The maximum absolute atomic E-state index is 6.29. The summed E-state index contributed by atoms with van der Waals surface area (Å²) in [5, 5.41) is 4.14. The standard InChI is InChI=1S/C16H18ClNS/c1-2-18-11-14-8-9-15(10-16(14)17)19-12-13-6-4-3-5-7-13/h3-10,18H,2,11-12H2,1H3. The first kappa shape index (κ1) is 14.4. The third-order valence-corrected chi connectivity index (χ3v) is 4.26. The van der Waals surface area contributed by atoms with Crippen LogP contribution < -0.4 is 5.32 Å². The first-order chi connectivity index (χ1) is 9.29. The molecule has 3 heteroatoms. The van der Waals surface area contributed by atoms with Crippen LogP contribution in [-0.2, 0) is 12.3 Å². The van der Waals surface area contributed by atoms with E-state index in [1.54, 1.807) is 0 Å². The Hall–Kier alpha value is -0.960. The number of hydrogen-bond acceptors (Lipinski definition) is 2. The van der Waals surface area contributed by atoms with Crippen molar-refractivity contribution in [1.29, 1.82) is 0 Å². The average Bonchev–Trinajstić information content (AvgIpc) is 2.45. The van der Waals surface area contributed by atoms with E-state index in [4.69, 9.17) is 11.6 Å². The van der Waals surface area contributed by atoms with E-state index < -0.39 is 0 Å². The smallest absolute Gasteiger partial charge is 0.0462 e. The van der Waals surface area contributed by atoms with E-state index in [-0.39, 0.29) is 0 Å². The van der Waals surface area contributed by atoms with E-state index in [0.29, 0.717) is 0 Å². The Balaban J connectivity index is 1.96. The molecule has 0 aromatic heterocycles. The van der Waals surface area contributed by atoms with Gasteiger partial charge in [-0.15, -0.1) is 11.8 Å². The van der Waals surface area contributed by atoms with Crippen LogP contribution in [0.15, 0.2) is 53.4 Å². The van der Waals surface area contributed by atoms with Gasteiger partial charge in [-0.1, -0.05) is 54.9 Å². The van der Waals surface area contributed by atoms with Crippen molar-refractivity contribution in [1.82, 2.24) is 5.32 Å². The SMILES string of the molecule is CCNCc1ccc(SCc2ccccc2)cc1Cl. The second-order valence-electron chi connectivity index (χ2n) is 4.31. The molecule has 1 nitrogen and oxygen atoms in total. The summed E-state index contributed by atoms with van der Waals surface area (Å²) in [7, 11) is 0. The van der Waals surface area contributed by atoms with E-state index in [9.17, 15) is 0 Å². The lowest BCUT2D eigenvalue weighted by molar-refractivity contribution is 0.726. The van der Waals surface area contributed by atoms with E-state index in [0.717, 1.165) is 29.4 Å². The van der Waals surface area contributed by atoms with Gasteiger partial charge in [0.25, 0.3) is 0 Å². The molecule has 100 valence electrons. The van der Waals surface area contributed by atoms with Gasteiger partial charge >= 0.3 is 0 Å². The molecule has 2 aromatic rings. The van der Waals surface area contributed by atoms with Crippen LogP contribution in [0.1, 0.15) is 18.1 Å². The predicted octanol–water partition coefficient (Wildman–Crippen LogP) is 4.74. The van der Waals surface area contributed by atoms with Crippen LogP contribution in [0.4, 0.5) is 0 Å². The van der Waals surface area contributed by atoms with E-state index >= 15 is 0 Å². The molecule has 0 unspecified atom stereocenters. The summed E-state index contributed by atoms with van der Waals surface area (Å²) in [4.78, 5) is 1.22. The fourth-order valence-corrected chi connectivity index (χ4v) is 2.97. The largest absolute Gasteiger partial charge is 0.313 e. The Morgan fingerprint density at radius 3 is 2.58 bits per heavy atom. The Labute approximate surface area is 124 Å². The zero-order chi connectivity index (χ0) is 13.5. The van der Waals surface area contributed by atoms with Crippen molar-refractivity contribution in [3.05, 3.63) is 64.7 Å². The molecule has 2 rings (SSSR count). The van der Waals surface area contributed by atoms with Crippen molar-refractivity contribution >= 4 is 23.4 Å². The highest BCUT2D eigenvalue weighted by molar-refractivity contribution is 7.98. The summed E-state index contributed by atoms with van der Waals surface area (Å²) in [5.41, 5.74) is 2.49. The highest BCUT2D eigenvalue weighted by Crippen LogP contribution is 2.27. The summed E-state index contributed by atoms with van der Waals surface area (Å²) in [6.07, 6.45) is 0. The summed E-state index contributed by atoms with van der Waals surface area (Å²) >= 11 is 8.11. The van der Waals surface area contributed by atoms with Gasteiger partial charge in [0.2, 0.25) is 0 Å². The summed E-state index contributed by atoms with van der Waals surface area (Å²) < 4.78 is 0. The van der Waals surface area contributed by atoms with Crippen LogP contribution in [0.2, 0.25) is 5.02 Å². The molecule has 0 radical (unpaired) electrons. The van der Waals surface area contributed by atoms with Crippen molar-refractivity contribution in [3.63, 3.8) is 0 Å². The summed E-state index contributed by atoms with van der Waals surface area (Å²) in [6.45, 7) is 3.89. The molecule has 0 spiro atoms. The Bertz CT molecular complexity index is 513. The molecule has 0 heterocycles. The quantitative estimate of drug-likeness (QED) is 0.771. The van der Waals surface area contributed by atoms with Crippen LogP contribution >= 0.6 is 23.4 Å². The second kappa shape index (κ2) is 7.59. The molecular weight excluding hydrogens is 274 g/mol. The van der Waals surface area contributed by atoms with Gasteiger partial charge in [-0.05, 0) is 29.8 Å². The first-order valence-corrected chi connectivity index (χ1v) is 7.82. The van der Waals surface area contributed by atoms with Crippen LogP contribution in [-0.4, -0.2) is 6.54 Å². The zero-order valence-corrected chi connectivity index (χ0v) is 12.6. The van der Waals surface area contributed by atoms with Gasteiger partial charge in [0.1, 0.15) is 0 Å². The topological polar surface area (TPSA) is 12.0 Å².